The molecular weight excluding hydrogens is 633 g/mol. The first kappa shape index (κ1) is 30.2. The van der Waals surface area contributed by atoms with Gasteiger partial charge in [0.25, 0.3) is 0 Å². The van der Waals surface area contributed by atoms with E-state index in [1.165, 1.54) is 38.6 Å². The van der Waals surface area contributed by atoms with Crippen LogP contribution in [0.1, 0.15) is 25.0 Å². The van der Waals surface area contributed by atoms with Crippen molar-refractivity contribution in [3.05, 3.63) is 181 Å². The summed E-state index contributed by atoms with van der Waals surface area (Å²) in [6.45, 7) is 4.67. The van der Waals surface area contributed by atoms with E-state index in [1.54, 1.807) is 0 Å². The standard InChI is InChI=1S/C48H34N4/c1-48(2)41-22-11-9-20-37(41)39-30-44-40(29-42(39)48)38-21-10-12-23-43(38)52(44)47-50-45(34-26-24-33(25-27-34)31-14-5-3-6-15-31)49-46(51-47)36-19-13-18-35(28-36)32-16-7-4-8-17-32/h3-30H,1-2H3. The minimum absolute atomic E-state index is 0.105. The summed E-state index contributed by atoms with van der Waals surface area (Å²) in [5.74, 6) is 1.85. The largest absolute Gasteiger partial charge is 0.278 e. The Hall–Kier alpha value is -6.65. The third kappa shape index (κ3) is 4.79. The predicted octanol–water partition coefficient (Wildman–Crippen LogP) is 11.9. The number of rotatable bonds is 5. The number of para-hydroxylation sites is 1. The van der Waals surface area contributed by atoms with Gasteiger partial charge in [0.1, 0.15) is 0 Å². The van der Waals surface area contributed by atoms with Crippen LogP contribution in [-0.4, -0.2) is 19.5 Å². The summed E-state index contributed by atoms with van der Waals surface area (Å²) >= 11 is 0. The Balaban J connectivity index is 1.22. The maximum Gasteiger partial charge on any atom is 0.238 e. The maximum absolute atomic E-state index is 5.28. The lowest BCUT2D eigenvalue weighted by Gasteiger charge is -2.21. The topological polar surface area (TPSA) is 43.6 Å². The second-order valence-electron chi connectivity index (χ2n) is 14.1. The van der Waals surface area contributed by atoms with Crippen molar-refractivity contribution in [1.82, 2.24) is 19.5 Å². The molecule has 0 unspecified atom stereocenters. The van der Waals surface area contributed by atoms with Gasteiger partial charge in [-0.1, -0.05) is 159 Å². The van der Waals surface area contributed by atoms with Gasteiger partial charge in [-0.2, -0.15) is 9.97 Å². The van der Waals surface area contributed by atoms with Gasteiger partial charge in [-0.15, -0.1) is 0 Å². The highest BCUT2D eigenvalue weighted by atomic mass is 15.2. The summed E-state index contributed by atoms with van der Waals surface area (Å²) in [6, 6.07) is 60.0. The SMILES string of the molecule is CC1(C)c2ccccc2-c2cc3c(cc21)c1ccccc1n3-c1nc(-c2ccc(-c3ccccc3)cc2)nc(-c2cccc(-c3ccccc3)c2)n1. The third-order valence-electron chi connectivity index (χ3n) is 10.7. The van der Waals surface area contributed by atoms with Crippen LogP contribution in [-0.2, 0) is 5.41 Å². The zero-order chi connectivity index (χ0) is 34.8. The average Bonchev–Trinajstić information content (AvgIpc) is 3.65. The van der Waals surface area contributed by atoms with Crippen molar-refractivity contribution in [3.8, 4) is 62.1 Å². The first-order valence-electron chi connectivity index (χ1n) is 17.8. The van der Waals surface area contributed by atoms with Crippen molar-refractivity contribution in [2.24, 2.45) is 0 Å². The summed E-state index contributed by atoms with van der Waals surface area (Å²) < 4.78 is 2.23. The van der Waals surface area contributed by atoms with E-state index in [2.05, 4.69) is 176 Å². The van der Waals surface area contributed by atoms with Gasteiger partial charge in [0, 0.05) is 27.3 Å². The highest BCUT2D eigenvalue weighted by Gasteiger charge is 2.36. The molecule has 52 heavy (non-hydrogen) atoms. The Kier molecular flexibility index (Phi) is 6.80. The van der Waals surface area contributed by atoms with Crippen LogP contribution in [0.3, 0.4) is 0 Å². The molecule has 10 rings (SSSR count). The van der Waals surface area contributed by atoms with Crippen LogP contribution in [0, 0.1) is 0 Å². The Labute approximate surface area is 302 Å². The van der Waals surface area contributed by atoms with E-state index in [1.807, 2.05) is 12.1 Å². The molecule has 0 radical (unpaired) electrons. The van der Waals surface area contributed by atoms with Crippen molar-refractivity contribution in [2.75, 3.05) is 0 Å². The monoisotopic (exact) mass is 666 g/mol. The van der Waals surface area contributed by atoms with Crippen molar-refractivity contribution in [1.29, 1.82) is 0 Å². The fourth-order valence-electron chi connectivity index (χ4n) is 8.01. The van der Waals surface area contributed by atoms with Gasteiger partial charge in [0.05, 0.1) is 11.0 Å². The number of aromatic nitrogens is 4. The molecule has 0 saturated carbocycles. The first-order chi connectivity index (χ1) is 25.5. The van der Waals surface area contributed by atoms with E-state index in [0.29, 0.717) is 17.6 Å². The number of hydrogen-bond donors (Lipinski definition) is 0. The van der Waals surface area contributed by atoms with Crippen molar-refractivity contribution >= 4 is 21.8 Å². The van der Waals surface area contributed by atoms with Gasteiger partial charge in [0.2, 0.25) is 5.95 Å². The van der Waals surface area contributed by atoms with Crippen LogP contribution in [0.4, 0.5) is 0 Å². The van der Waals surface area contributed by atoms with Gasteiger partial charge < -0.3 is 0 Å². The summed E-state index contributed by atoms with van der Waals surface area (Å²) in [5.41, 5.74) is 13.7. The molecule has 2 aromatic heterocycles. The second kappa shape index (κ2) is 11.7. The highest BCUT2D eigenvalue weighted by molar-refractivity contribution is 6.11. The lowest BCUT2D eigenvalue weighted by molar-refractivity contribution is 0.661. The predicted molar refractivity (Wildman–Crippen MR) is 213 cm³/mol. The number of fused-ring (bicyclic) bond motifs is 6. The molecular formula is C48H34N4. The van der Waals surface area contributed by atoms with Crippen molar-refractivity contribution in [3.63, 3.8) is 0 Å². The van der Waals surface area contributed by atoms with E-state index < -0.39 is 0 Å². The zero-order valence-corrected chi connectivity index (χ0v) is 29.0. The smallest absolute Gasteiger partial charge is 0.238 e. The van der Waals surface area contributed by atoms with E-state index in [4.69, 9.17) is 15.0 Å². The maximum atomic E-state index is 5.28. The van der Waals surface area contributed by atoms with Gasteiger partial charge >= 0.3 is 0 Å². The normalized spacial score (nSPS) is 13.0. The molecule has 0 N–H and O–H groups in total. The van der Waals surface area contributed by atoms with E-state index in [-0.39, 0.29) is 5.41 Å². The Morgan fingerprint density at radius 2 is 0.962 bits per heavy atom. The summed E-state index contributed by atoms with van der Waals surface area (Å²) in [6.07, 6.45) is 0. The number of benzene rings is 7. The summed E-state index contributed by atoms with van der Waals surface area (Å²) in [7, 11) is 0. The number of nitrogens with zero attached hydrogens (tertiary/aromatic N) is 4. The Bertz CT molecular complexity index is 2800. The molecule has 0 saturated heterocycles. The van der Waals surface area contributed by atoms with Crippen LogP contribution in [0.15, 0.2) is 170 Å². The van der Waals surface area contributed by atoms with Gasteiger partial charge in [-0.05, 0) is 68.8 Å². The molecule has 0 fully saturated rings. The van der Waals surface area contributed by atoms with E-state index >= 15 is 0 Å². The molecule has 0 aliphatic heterocycles. The van der Waals surface area contributed by atoms with Crippen LogP contribution in [0.2, 0.25) is 0 Å². The fraction of sp³-hybridized carbons (Fsp3) is 0.0625. The zero-order valence-electron chi connectivity index (χ0n) is 29.0. The highest BCUT2D eigenvalue weighted by Crippen LogP contribution is 2.51. The van der Waals surface area contributed by atoms with Crippen LogP contribution in [0.5, 0.6) is 0 Å². The van der Waals surface area contributed by atoms with Crippen molar-refractivity contribution < 1.29 is 0 Å². The molecule has 0 bridgehead atoms. The van der Waals surface area contributed by atoms with Crippen LogP contribution < -0.4 is 0 Å². The van der Waals surface area contributed by atoms with Gasteiger partial charge in [-0.3, -0.25) is 4.57 Å². The fourth-order valence-corrected chi connectivity index (χ4v) is 8.01. The van der Waals surface area contributed by atoms with Crippen LogP contribution >= 0.6 is 0 Å². The quantitative estimate of drug-likeness (QED) is 0.184. The number of hydrogen-bond acceptors (Lipinski definition) is 3. The summed E-state index contributed by atoms with van der Waals surface area (Å²) in [4.78, 5) is 15.7. The Morgan fingerprint density at radius 3 is 1.73 bits per heavy atom. The minimum atomic E-state index is -0.105. The third-order valence-corrected chi connectivity index (χ3v) is 10.7. The average molecular weight is 667 g/mol. The summed E-state index contributed by atoms with van der Waals surface area (Å²) in [5, 5.41) is 2.37. The molecule has 1 aliphatic rings. The molecule has 1 aliphatic carbocycles. The molecule has 7 aromatic carbocycles. The lowest BCUT2D eigenvalue weighted by Crippen LogP contribution is -2.14. The Morgan fingerprint density at radius 1 is 0.385 bits per heavy atom. The van der Waals surface area contributed by atoms with Gasteiger partial charge in [-0.25, -0.2) is 4.98 Å². The molecule has 0 atom stereocenters. The lowest BCUT2D eigenvalue weighted by atomic mass is 9.82. The van der Waals surface area contributed by atoms with Crippen LogP contribution in [0.25, 0.3) is 83.9 Å². The minimum Gasteiger partial charge on any atom is -0.278 e. The molecule has 9 aromatic rings. The molecule has 4 nitrogen and oxygen atoms in total. The molecule has 246 valence electrons. The van der Waals surface area contributed by atoms with Gasteiger partial charge in [0.15, 0.2) is 11.6 Å². The molecule has 0 amide bonds. The van der Waals surface area contributed by atoms with E-state index in [0.717, 1.165) is 38.9 Å². The molecule has 2 heterocycles. The van der Waals surface area contributed by atoms with E-state index in [9.17, 15) is 0 Å². The molecule has 4 heteroatoms. The van der Waals surface area contributed by atoms with Crippen molar-refractivity contribution in [2.45, 2.75) is 19.3 Å². The second-order valence-corrected chi connectivity index (χ2v) is 14.1. The molecule has 0 spiro atoms. The first-order valence-corrected chi connectivity index (χ1v) is 17.8.